The molecule has 0 aliphatic heterocycles. The molecule has 0 bridgehead atoms. The normalized spacial score (nSPS) is 13.5. The first-order chi connectivity index (χ1) is 11.4. The van der Waals surface area contributed by atoms with E-state index >= 15 is 0 Å². The zero-order chi connectivity index (χ0) is 17.6. The van der Waals surface area contributed by atoms with Crippen molar-refractivity contribution in [2.45, 2.75) is 32.7 Å². The van der Waals surface area contributed by atoms with E-state index in [1.165, 1.54) is 10.4 Å². The molecule has 1 atom stereocenters. The molecule has 0 spiro atoms. The maximum atomic E-state index is 6.73. The van der Waals surface area contributed by atoms with Gasteiger partial charge in [-0.3, -0.25) is 0 Å². The van der Waals surface area contributed by atoms with Crippen molar-refractivity contribution in [3.63, 3.8) is 0 Å². The summed E-state index contributed by atoms with van der Waals surface area (Å²) in [6.45, 7) is 10.9. The van der Waals surface area contributed by atoms with Crippen LogP contribution in [0.3, 0.4) is 0 Å². The second kappa shape index (κ2) is 9.04. The third-order valence-corrected chi connectivity index (χ3v) is 15.3. The van der Waals surface area contributed by atoms with Crippen molar-refractivity contribution in [3.8, 4) is 0 Å². The Morgan fingerprint density at radius 2 is 1.08 bits per heavy atom. The fraction of sp³-hybridized carbons (Fsp3) is 0.294. The lowest BCUT2D eigenvalue weighted by Gasteiger charge is -2.36. The van der Waals surface area contributed by atoms with E-state index in [2.05, 4.69) is 81.3 Å². The highest BCUT2D eigenvalue weighted by molar-refractivity contribution is 6.98. The third kappa shape index (κ3) is 5.09. The maximum Gasteiger partial charge on any atom is 0.387 e. The van der Waals surface area contributed by atoms with Gasteiger partial charge in [-0.2, -0.15) is 0 Å². The lowest BCUT2D eigenvalue weighted by molar-refractivity contribution is 0.375. The van der Waals surface area contributed by atoms with Crippen molar-refractivity contribution in [2.75, 3.05) is 0 Å². The van der Waals surface area contributed by atoms with E-state index in [1.54, 1.807) is 0 Å². The van der Waals surface area contributed by atoms with Gasteiger partial charge in [0.25, 0.3) is 9.28 Å². The number of hydrogen-bond donors (Lipinski definition) is 0. The number of benzene rings is 2. The van der Waals surface area contributed by atoms with Crippen molar-refractivity contribution in [1.29, 1.82) is 0 Å². The van der Waals surface area contributed by atoms with Crippen LogP contribution in [0.5, 0.6) is 0 Å². The highest BCUT2D eigenvalue weighted by Crippen LogP contribution is 2.14. The summed E-state index contributed by atoms with van der Waals surface area (Å²) < 4.78 is 19.6. The molecule has 0 aromatic heterocycles. The second-order valence-electron chi connectivity index (χ2n) is 6.39. The summed E-state index contributed by atoms with van der Waals surface area (Å²) in [5, 5.41) is 2.34. The Bertz CT molecular complexity index is 568. The monoisotopic (exact) mass is 392 g/mol. The first-order valence-corrected chi connectivity index (χ1v) is 18.0. The average molecular weight is 393 g/mol. The fourth-order valence-electron chi connectivity index (χ4n) is 2.76. The van der Waals surface area contributed by atoms with Crippen LogP contribution in [0.4, 0.5) is 0 Å². The van der Waals surface area contributed by atoms with Crippen molar-refractivity contribution in [1.82, 2.24) is 0 Å². The summed E-state index contributed by atoms with van der Waals surface area (Å²) in [4.78, 5) is 0. The van der Waals surface area contributed by atoms with Crippen LogP contribution in [0.1, 0.15) is 0 Å². The lowest BCUT2D eigenvalue weighted by Crippen LogP contribution is -2.67. The van der Waals surface area contributed by atoms with Crippen LogP contribution in [-0.2, 0) is 12.3 Å². The third-order valence-electron chi connectivity index (χ3n) is 3.51. The molecular formula is C17H28O3Si4. The Kier molecular flexibility index (Phi) is 7.35. The van der Waals surface area contributed by atoms with Gasteiger partial charge in [-0.05, 0) is 43.1 Å². The number of rotatable bonds is 8. The summed E-state index contributed by atoms with van der Waals surface area (Å²) >= 11 is 0. The zero-order valence-electron chi connectivity index (χ0n) is 15.2. The molecular weight excluding hydrogens is 365 g/mol. The Morgan fingerprint density at radius 1 is 0.625 bits per heavy atom. The minimum Gasteiger partial charge on any atom is -0.442 e. The van der Waals surface area contributed by atoms with Gasteiger partial charge in [-0.25, -0.2) is 0 Å². The molecule has 0 N–H and O–H groups in total. The highest BCUT2D eigenvalue weighted by atomic mass is 28.5. The molecule has 24 heavy (non-hydrogen) atoms. The molecule has 7 heteroatoms. The minimum absolute atomic E-state index is 1.13. The van der Waals surface area contributed by atoms with Gasteiger partial charge in [-0.1, -0.05) is 60.7 Å². The molecule has 0 saturated carbocycles. The molecule has 0 amide bonds. The summed E-state index contributed by atoms with van der Waals surface area (Å²) in [6.07, 6.45) is 0. The van der Waals surface area contributed by atoms with Crippen LogP contribution < -0.4 is 10.4 Å². The van der Waals surface area contributed by atoms with Crippen LogP contribution in [-0.4, -0.2) is 35.9 Å². The predicted molar refractivity (Wildman–Crippen MR) is 112 cm³/mol. The average Bonchev–Trinajstić information content (AvgIpc) is 2.54. The van der Waals surface area contributed by atoms with E-state index < -0.39 is 35.9 Å². The van der Waals surface area contributed by atoms with E-state index in [0.717, 1.165) is 0 Å². The van der Waals surface area contributed by atoms with E-state index in [-0.39, 0.29) is 0 Å². The highest BCUT2D eigenvalue weighted by Gasteiger charge is 2.44. The van der Waals surface area contributed by atoms with Gasteiger partial charge in [0.05, 0.1) is 0 Å². The van der Waals surface area contributed by atoms with Crippen LogP contribution in [0, 0.1) is 0 Å². The Balaban J connectivity index is 2.51. The van der Waals surface area contributed by atoms with Gasteiger partial charge in [-0.15, -0.1) is 0 Å². The van der Waals surface area contributed by atoms with Crippen molar-refractivity contribution < 1.29 is 12.3 Å². The van der Waals surface area contributed by atoms with Crippen LogP contribution in [0.2, 0.25) is 32.7 Å². The van der Waals surface area contributed by atoms with E-state index in [0.29, 0.717) is 0 Å². The van der Waals surface area contributed by atoms with Gasteiger partial charge >= 0.3 is 8.56 Å². The maximum absolute atomic E-state index is 6.73. The van der Waals surface area contributed by atoms with Gasteiger partial charge in [0.1, 0.15) is 0 Å². The van der Waals surface area contributed by atoms with Gasteiger partial charge < -0.3 is 12.3 Å². The lowest BCUT2D eigenvalue weighted by atomic mass is 10.4. The fourth-order valence-corrected chi connectivity index (χ4v) is 15.6. The summed E-state index contributed by atoms with van der Waals surface area (Å²) in [5.41, 5.74) is 0. The Morgan fingerprint density at radius 3 is 1.46 bits per heavy atom. The van der Waals surface area contributed by atoms with Crippen molar-refractivity contribution >= 4 is 46.3 Å². The molecule has 0 radical (unpaired) electrons. The van der Waals surface area contributed by atoms with Crippen LogP contribution in [0.25, 0.3) is 0 Å². The summed E-state index contributed by atoms with van der Waals surface area (Å²) in [6, 6.07) is 20.9. The zero-order valence-corrected chi connectivity index (χ0v) is 19.7. The molecule has 2 aromatic rings. The van der Waals surface area contributed by atoms with Crippen molar-refractivity contribution in [3.05, 3.63) is 60.7 Å². The molecule has 2 aromatic carbocycles. The molecule has 0 heterocycles. The molecule has 0 aliphatic rings. The van der Waals surface area contributed by atoms with Gasteiger partial charge in [0.15, 0.2) is 18.1 Å². The molecule has 2 rings (SSSR count). The Hall–Kier alpha value is -0.812. The van der Waals surface area contributed by atoms with E-state index in [1.807, 2.05) is 12.1 Å². The quantitative estimate of drug-likeness (QED) is 0.644. The number of hydrogen-bond acceptors (Lipinski definition) is 3. The standard InChI is InChI=1S/C17H28O3Si4/c1-21(2)18-23(5)20-24(19-22(3)4,16-12-8-6-9-13-16)17-14-10-7-11-15-17/h6-15,21-23H,1-5H3. The molecule has 0 fully saturated rings. The topological polar surface area (TPSA) is 27.7 Å². The largest absolute Gasteiger partial charge is 0.442 e. The summed E-state index contributed by atoms with van der Waals surface area (Å²) in [7, 11) is -6.92. The first-order valence-electron chi connectivity index (χ1n) is 8.56. The minimum atomic E-state index is -2.72. The van der Waals surface area contributed by atoms with Crippen molar-refractivity contribution in [2.24, 2.45) is 0 Å². The smallest absolute Gasteiger partial charge is 0.387 e. The molecule has 0 aliphatic carbocycles. The van der Waals surface area contributed by atoms with Crippen LogP contribution >= 0.6 is 0 Å². The Labute approximate surface area is 152 Å². The van der Waals surface area contributed by atoms with Gasteiger partial charge in [0, 0.05) is 0 Å². The van der Waals surface area contributed by atoms with E-state index in [4.69, 9.17) is 12.3 Å². The summed E-state index contributed by atoms with van der Waals surface area (Å²) in [5.74, 6) is 0. The van der Waals surface area contributed by atoms with Crippen LogP contribution in [0.15, 0.2) is 60.7 Å². The molecule has 0 saturated heterocycles. The van der Waals surface area contributed by atoms with E-state index in [9.17, 15) is 0 Å². The second-order valence-corrected chi connectivity index (χ2v) is 17.1. The molecule has 3 nitrogen and oxygen atoms in total. The molecule has 1 unspecified atom stereocenters. The molecule has 130 valence electrons. The first kappa shape index (κ1) is 19.5. The van der Waals surface area contributed by atoms with Gasteiger partial charge in [0.2, 0.25) is 0 Å². The predicted octanol–water partition coefficient (Wildman–Crippen LogP) is 2.11. The SMILES string of the molecule is C[SiH](C)O[SiH](C)O[Si](O[SiH](C)C)(c1ccccc1)c1ccccc1.